The van der Waals surface area contributed by atoms with Gasteiger partial charge >= 0.3 is 0 Å². The molecule has 1 aliphatic rings. The molecule has 1 aromatic heterocycles. The van der Waals surface area contributed by atoms with Crippen LogP contribution in [0.5, 0.6) is 0 Å². The van der Waals surface area contributed by atoms with Crippen LogP contribution in [0.2, 0.25) is 5.02 Å². The van der Waals surface area contributed by atoms with E-state index >= 15 is 0 Å². The molecule has 0 fully saturated rings. The highest BCUT2D eigenvalue weighted by molar-refractivity contribution is 9.10. The average Bonchev–Trinajstić information content (AvgIpc) is 2.50. The Morgan fingerprint density at radius 2 is 2.26 bits per heavy atom. The van der Waals surface area contributed by atoms with E-state index in [-0.39, 0.29) is 24.7 Å². The highest BCUT2D eigenvalue weighted by atomic mass is 79.9. The SMILES string of the molecule is O=C1Cc2c(n(SF)c3cc(Cl)cc(Br)c23)CCN1. The Morgan fingerprint density at radius 1 is 1.47 bits per heavy atom. The lowest BCUT2D eigenvalue weighted by Gasteiger charge is -2.04. The third-order valence-corrected chi connectivity index (χ3v) is 4.64. The first-order valence-corrected chi connectivity index (χ1v) is 7.53. The van der Waals surface area contributed by atoms with Gasteiger partial charge in [0.1, 0.15) is 0 Å². The molecule has 1 amide bonds. The molecule has 1 aromatic carbocycles. The fraction of sp³-hybridized carbons (Fsp3) is 0.250. The molecule has 0 saturated carbocycles. The summed E-state index contributed by atoms with van der Waals surface area (Å²) in [4.78, 5) is 11.7. The number of benzene rings is 1. The smallest absolute Gasteiger partial charge is 0.224 e. The van der Waals surface area contributed by atoms with Gasteiger partial charge in [-0.25, -0.2) is 0 Å². The van der Waals surface area contributed by atoms with Crippen LogP contribution >= 0.6 is 39.9 Å². The Labute approximate surface area is 127 Å². The first kappa shape index (κ1) is 13.3. The number of carbonyl (C=O) groups is 1. The summed E-state index contributed by atoms with van der Waals surface area (Å²) in [7, 11) is 0. The molecule has 3 nitrogen and oxygen atoms in total. The van der Waals surface area contributed by atoms with E-state index in [0.717, 1.165) is 21.1 Å². The molecule has 2 aromatic rings. The monoisotopic (exact) mass is 362 g/mol. The molecular weight excluding hydrogens is 355 g/mol. The van der Waals surface area contributed by atoms with Crippen molar-refractivity contribution in [3.05, 3.63) is 32.9 Å². The summed E-state index contributed by atoms with van der Waals surface area (Å²) in [5, 5.41) is 4.20. The predicted molar refractivity (Wildman–Crippen MR) is 79.2 cm³/mol. The number of amides is 1. The molecule has 0 bridgehead atoms. The van der Waals surface area contributed by atoms with E-state index in [9.17, 15) is 8.68 Å². The second-order valence-corrected chi connectivity index (χ2v) is 6.14. The van der Waals surface area contributed by atoms with Crippen LogP contribution in [0.1, 0.15) is 11.3 Å². The average molecular weight is 364 g/mol. The summed E-state index contributed by atoms with van der Waals surface area (Å²) in [5.41, 5.74) is 2.41. The van der Waals surface area contributed by atoms with Gasteiger partial charge in [-0.15, -0.1) is 3.89 Å². The van der Waals surface area contributed by atoms with E-state index in [1.165, 1.54) is 3.97 Å². The largest absolute Gasteiger partial charge is 0.355 e. The van der Waals surface area contributed by atoms with E-state index in [1.807, 2.05) is 0 Å². The van der Waals surface area contributed by atoms with Crippen LogP contribution in [-0.4, -0.2) is 16.4 Å². The molecule has 2 heterocycles. The van der Waals surface area contributed by atoms with Crippen LogP contribution in [0.3, 0.4) is 0 Å². The number of rotatable bonds is 1. The van der Waals surface area contributed by atoms with Gasteiger partial charge in [-0.3, -0.25) is 8.77 Å². The second kappa shape index (κ2) is 5.00. The van der Waals surface area contributed by atoms with Gasteiger partial charge in [-0.2, -0.15) is 0 Å². The Bertz CT molecular complexity index is 688. The van der Waals surface area contributed by atoms with Crippen LogP contribution in [0.4, 0.5) is 3.89 Å². The van der Waals surface area contributed by atoms with Crippen LogP contribution in [0, 0.1) is 0 Å². The first-order valence-electron chi connectivity index (χ1n) is 5.69. The van der Waals surface area contributed by atoms with Gasteiger partial charge in [0.25, 0.3) is 0 Å². The molecule has 19 heavy (non-hydrogen) atoms. The van der Waals surface area contributed by atoms with Crippen molar-refractivity contribution in [1.29, 1.82) is 0 Å². The van der Waals surface area contributed by atoms with Crippen molar-refractivity contribution in [1.82, 2.24) is 9.29 Å². The summed E-state index contributed by atoms with van der Waals surface area (Å²) in [5.74, 6) is -0.0384. The zero-order valence-electron chi connectivity index (χ0n) is 9.67. The lowest BCUT2D eigenvalue weighted by molar-refractivity contribution is -0.120. The van der Waals surface area contributed by atoms with Crippen LogP contribution in [0.15, 0.2) is 16.6 Å². The van der Waals surface area contributed by atoms with Gasteiger partial charge in [0.2, 0.25) is 5.91 Å². The quantitative estimate of drug-likeness (QED) is 0.839. The minimum absolute atomic E-state index is 0.0384. The van der Waals surface area contributed by atoms with E-state index in [2.05, 4.69) is 21.2 Å². The fourth-order valence-electron chi connectivity index (χ4n) is 2.50. The molecule has 0 atom stereocenters. The molecule has 0 saturated heterocycles. The highest BCUT2D eigenvalue weighted by Gasteiger charge is 2.24. The zero-order valence-corrected chi connectivity index (χ0v) is 12.8. The number of hydrogen-bond acceptors (Lipinski definition) is 2. The number of aromatic nitrogens is 1. The maximum absolute atomic E-state index is 13.3. The third-order valence-electron chi connectivity index (χ3n) is 3.24. The van der Waals surface area contributed by atoms with Crippen molar-refractivity contribution in [2.24, 2.45) is 0 Å². The molecule has 1 N–H and O–H groups in total. The number of halogens is 3. The molecule has 0 aliphatic carbocycles. The van der Waals surface area contributed by atoms with E-state index in [4.69, 9.17) is 11.6 Å². The molecule has 100 valence electrons. The van der Waals surface area contributed by atoms with Crippen LogP contribution < -0.4 is 5.32 Å². The Hall–Kier alpha value is -0.720. The topological polar surface area (TPSA) is 34.0 Å². The second-order valence-electron chi connectivity index (χ2n) is 4.35. The van der Waals surface area contributed by atoms with E-state index in [1.54, 1.807) is 12.1 Å². The van der Waals surface area contributed by atoms with Crippen molar-refractivity contribution in [2.75, 3.05) is 6.54 Å². The number of hydrogen-bond donors (Lipinski definition) is 1. The van der Waals surface area contributed by atoms with Gasteiger partial charge < -0.3 is 5.32 Å². The summed E-state index contributed by atoms with van der Waals surface area (Å²) in [6.07, 6.45) is 0.871. The van der Waals surface area contributed by atoms with Crippen molar-refractivity contribution < 1.29 is 8.68 Å². The molecule has 0 spiro atoms. The Balaban J connectivity index is 2.38. The molecule has 7 heteroatoms. The third kappa shape index (κ3) is 2.15. The standard InChI is InChI=1S/C12H9BrClFN2OS/c13-8-3-6(14)4-10-12(8)7-5-11(18)16-2-1-9(7)17(10)19-15/h3-4H,1-2,5H2,(H,16,18). The number of nitrogens with zero attached hydrogens (tertiary/aromatic N) is 1. The summed E-state index contributed by atoms with van der Waals surface area (Å²) < 4.78 is 15.6. The predicted octanol–water partition coefficient (Wildman–Crippen LogP) is 3.65. The van der Waals surface area contributed by atoms with Crippen molar-refractivity contribution in [3.8, 4) is 0 Å². The van der Waals surface area contributed by atoms with Crippen molar-refractivity contribution in [2.45, 2.75) is 12.8 Å². The summed E-state index contributed by atoms with van der Waals surface area (Å²) >= 11 is 9.62. The van der Waals surface area contributed by atoms with Crippen molar-refractivity contribution in [3.63, 3.8) is 0 Å². The normalized spacial score (nSPS) is 15.2. The summed E-state index contributed by atoms with van der Waals surface area (Å²) in [6, 6.07) is 3.49. The fourth-order valence-corrected chi connectivity index (χ4v) is 4.03. The lowest BCUT2D eigenvalue weighted by atomic mass is 10.1. The number of carbonyl (C=O) groups excluding carboxylic acids is 1. The minimum Gasteiger partial charge on any atom is -0.355 e. The zero-order chi connectivity index (χ0) is 13.6. The number of nitrogens with one attached hydrogen (secondary N) is 1. The summed E-state index contributed by atoms with van der Waals surface area (Å²) in [6.45, 7) is 0.522. The molecule has 1 aliphatic heterocycles. The minimum atomic E-state index is -0.0384. The highest BCUT2D eigenvalue weighted by Crippen LogP contribution is 2.38. The van der Waals surface area contributed by atoms with E-state index < -0.39 is 0 Å². The Morgan fingerprint density at radius 3 is 3.00 bits per heavy atom. The van der Waals surface area contributed by atoms with Crippen molar-refractivity contribution >= 4 is 56.7 Å². The Kier molecular flexibility index (Phi) is 3.49. The van der Waals surface area contributed by atoms with Gasteiger partial charge in [0.05, 0.1) is 11.9 Å². The van der Waals surface area contributed by atoms with Crippen LogP contribution in [0.25, 0.3) is 10.9 Å². The maximum Gasteiger partial charge on any atom is 0.224 e. The molecule has 3 rings (SSSR count). The maximum atomic E-state index is 13.3. The number of fused-ring (bicyclic) bond motifs is 3. The lowest BCUT2D eigenvalue weighted by Crippen LogP contribution is -2.24. The van der Waals surface area contributed by atoms with Crippen LogP contribution in [-0.2, 0) is 17.6 Å². The first-order chi connectivity index (χ1) is 9.11. The van der Waals surface area contributed by atoms with E-state index in [0.29, 0.717) is 23.5 Å². The van der Waals surface area contributed by atoms with Gasteiger partial charge in [0.15, 0.2) is 12.3 Å². The molecule has 0 unspecified atom stereocenters. The van der Waals surface area contributed by atoms with Gasteiger partial charge in [-0.1, -0.05) is 27.5 Å². The molecule has 0 radical (unpaired) electrons. The van der Waals surface area contributed by atoms with Gasteiger partial charge in [0, 0.05) is 33.5 Å². The molecular formula is C12H9BrClFN2OS. The van der Waals surface area contributed by atoms with Gasteiger partial charge in [-0.05, 0) is 17.7 Å².